The van der Waals surface area contributed by atoms with Crippen molar-refractivity contribution in [2.45, 2.75) is 0 Å². The van der Waals surface area contributed by atoms with Crippen molar-refractivity contribution in [2.75, 3.05) is 7.05 Å². The number of halogens is 1. The van der Waals surface area contributed by atoms with E-state index in [-0.39, 0.29) is 11.3 Å². The van der Waals surface area contributed by atoms with Crippen LogP contribution < -0.4 is 0 Å². The average Bonchev–Trinajstić information content (AvgIpc) is 1.67. The lowest BCUT2D eigenvalue weighted by molar-refractivity contribution is -0.118. The predicted octanol–water partition coefficient (Wildman–Crippen LogP) is -0.386. The van der Waals surface area contributed by atoms with Crippen molar-refractivity contribution < 1.29 is 9.00 Å². The van der Waals surface area contributed by atoms with Gasteiger partial charge in [0.05, 0.1) is 16.6 Å². The van der Waals surface area contributed by atoms with Crippen LogP contribution in [0.5, 0.6) is 0 Å². The molecule has 0 spiro atoms. The first-order valence-electron chi connectivity index (χ1n) is 1.74. The van der Waals surface area contributed by atoms with Gasteiger partial charge < -0.3 is 0 Å². The minimum Gasteiger partial charge on any atom is -0.267 e. The molecule has 0 fully saturated rings. The van der Waals surface area contributed by atoms with Crippen LogP contribution in [0.25, 0.3) is 0 Å². The fraction of sp³-hybridized carbons (Fsp3) is 0.333. The van der Waals surface area contributed by atoms with E-state index in [0.717, 1.165) is 9.79 Å². The van der Waals surface area contributed by atoms with Crippen molar-refractivity contribution in [3.8, 4) is 0 Å². The van der Waals surface area contributed by atoms with E-state index in [9.17, 15) is 9.00 Å². The summed E-state index contributed by atoms with van der Waals surface area (Å²) in [6.45, 7) is 0. The Morgan fingerprint density at radius 1 is 1.88 bits per heavy atom. The second kappa shape index (κ2) is 3.63. The maximum Gasteiger partial charge on any atom is 0.273 e. The van der Waals surface area contributed by atoms with Gasteiger partial charge in [-0.3, -0.25) is 9.21 Å². The molecule has 0 radical (unpaired) electrons. The number of rotatable bonds is 1. The number of nitrogens with zero attached hydrogens (tertiary/aromatic N) is 1. The van der Waals surface area contributed by atoms with Crippen LogP contribution in [0.4, 0.5) is 0 Å². The Kier molecular flexibility index (Phi) is 3.47. The molecule has 0 bridgehead atoms. The van der Waals surface area contributed by atoms with Crippen molar-refractivity contribution in [3.05, 3.63) is 0 Å². The van der Waals surface area contributed by atoms with E-state index in [1.54, 1.807) is 0 Å². The first kappa shape index (κ1) is 7.65. The van der Waals surface area contributed by atoms with Crippen LogP contribution in [0.1, 0.15) is 0 Å². The Balaban J connectivity index is 3.84. The lowest BCUT2D eigenvalue weighted by atomic mass is 10.7. The van der Waals surface area contributed by atoms with E-state index in [1.165, 1.54) is 7.05 Å². The van der Waals surface area contributed by atoms with E-state index in [1.807, 2.05) is 0 Å². The predicted molar refractivity (Wildman–Crippen MR) is 32.8 cm³/mol. The molecule has 0 aromatic rings. The minimum absolute atomic E-state index is 0.0874. The molecule has 8 heavy (non-hydrogen) atoms. The second-order valence-electron chi connectivity index (χ2n) is 1.03. The van der Waals surface area contributed by atoms with Crippen molar-refractivity contribution >= 4 is 34.3 Å². The van der Waals surface area contributed by atoms with E-state index in [2.05, 4.69) is 0 Å². The minimum atomic E-state index is -0.494. The molecular weight excluding hydrogens is 150 g/mol. The summed E-state index contributed by atoms with van der Waals surface area (Å²) in [4.78, 5) is 10.3. The van der Waals surface area contributed by atoms with Gasteiger partial charge in [-0.05, 0) is 0 Å². The van der Waals surface area contributed by atoms with Gasteiger partial charge in [0.15, 0.2) is 0 Å². The van der Waals surface area contributed by atoms with Crippen LogP contribution >= 0.6 is 11.8 Å². The quantitative estimate of drug-likeness (QED) is 0.380. The molecule has 0 aromatic heterocycles. The largest absolute Gasteiger partial charge is 0.273 e. The maximum atomic E-state index is 10.3. The van der Waals surface area contributed by atoms with Crippen LogP contribution in [-0.2, 0) is 16.1 Å². The summed E-state index contributed by atoms with van der Waals surface area (Å²) >= 11 is 5.19. The first-order valence-corrected chi connectivity index (χ1v) is 2.88. The zero-order valence-electron chi connectivity index (χ0n) is 4.13. The van der Waals surface area contributed by atoms with Crippen molar-refractivity contribution in [1.29, 1.82) is 0 Å². The third-order valence-corrected chi connectivity index (χ3v) is 0.917. The maximum absolute atomic E-state index is 10.3. The highest BCUT2D eigenvalue weighted by atomic mass is 35.5. The normalized spacial score (nSPS) is 7.75. The molecule has 0 aliphatic rings. The van der Waals surface area contributed by atoms with Crippen LogP contribution in [0.3, 0.4) is 0 Å². The van der Waals surface area contributed by atoms with Gasteiger partial charge in [-0.1, -0.05) is 0 Å². The molecule has 0 aliphatic heterocycles. The molecule has 0 saturated heterocycles. The summed E-state index contributed by atoms with van der Waals surface area (Å²) in [5, 5.41) is 0.882. The monoisotopic (exact) mass is 153 g/mol. The summed E-state index contributed by atoms with van der Waals surface area (Å²) in [5.41, 5.74) is 0. The molecule has 1 amide bonds. The van der Waals surface area contributed by atoms with Gasteiger partial charge in [0, 0.05) is 18.8 Å². The third-order valence-electron chi connectivity index (χ3n) is 0.453. The lowest BCUT2D eigenvalue weighted by Crippen LogP contribution is -2.16. The van der Waals surface area contributed by atoms with Gasteiger partial charge in [-0.2, -0.15) is 0 Å². The molecule has 5 heteroatoms. The highest BCUT2D eigenvalue weighted by Crippen LogP contribution is 1.83. The number of amides is 1. The summed E-state index contributed by atoms with van der Waals surface area (Å²) in [7, 11) is 1.36. The van der Waals surface area contributed by atoms with E-state index < -0.39 is 5.91 Å². The molecule has 0 unspecified atom stereocenters. The van der Waals surface area contributed by atoms with Gasteiger partial charge in [-0.15, -0.1) is 0 Å². The zero-order chi connectivity index (χ0) is 6.57. The van der Waals surface area contributed by atoms with Crippen molar-refractivity contribution in [3.63, 3.8) is 0 Å². The van der Waals surface area contributed by atoms with Gasteiger partial charge in [0.2, 0.25) is 0 Å². The zero-order valence-corrected chi connectivity index (χ0v) is 5.70. The van der Waals surface area contributed by atoms with Crippen LogP contribution in [-0.4, -0.2) is 27.0 Å². The molecule has 0 aliphatic carbocycles. The third kappa shape index (κ3) is 2.76. The van der Waals surface area contributed by atoms with Gasteiger partial charge in [0.25, 0.3) is 5.91 Å². The fourth-order valence-corrected chi connectivity index (χ4v) is 0.461. The van der Waals surface area contributed by atoms with E-state index in [4.69, 9.17) is 11.8 Å². The highest BCUT2D eigenvalue weighted by Gasteiger charge is 1.97. The van der Waals surface area contributed by atoms with Gasteiger partial charge >= 0.3 is 0 Å². The summed E-state index contributed by atoms with van der Waals surface area (Å²) < 4.78 is 10.4. The molecule has 0 rings (SSSR count). The van der Waals surface area contributed by atoms with E-state index >= 15 is 0 Å². The Morgan fingerprint density at radius 3 is 2.50 bits per heavy atom. The standard InChI is InChI=1S/C3H4ClNO2S/c1-5(4)3(6)2-8-7/h2H,1H3. The average molecular weight is 154 g/mol. The number of hydrogen-bond acceptors (Lipinski definition) is 2. The molecule has 0 aromatic carbocycles. The molecule has 0 heterocycles. The van der Waals surface area contributed by atoms with Gasteiger partial charge in [0.1, 0.15) is 0 Å². The number of carbonyl (C=O) groups excluding carboxylic acids is 1. The summed E-state index contributed by atoms with van der Waals surface area (Å²) in [6.07, 6.45) is 0. The molecule has 46 valence electrons. The summed E-state index contributed by atoms with van der Waals surface area (Å²) in [5.74, 6) is -0.494. The van der Waals surface area contributed by atoms with Crippen LogP contribution in [0.15, 0.2) is 0 Å². The molecule has 0 saturated carbocycles. The Hall–Kier alpha value is -0.350. The van der Waals surface area contributed by atoms with Crippen molar-refractivity contribution in [2.24, 2.45) is 0 Å². The Labute approximate surface area is 55.4 Å². The van der Waals surface area contributed by atoms with Crippen LogP contribution in [0, 0.1) is 0 Å². The Bertz CT molecular complexity index is 140. The molecule has 3 nitrogen and oxygen atoms in total. The lowest BCUT2D eigenvalue weighted by Gasteiger charge is -1.97. The van der Waals surface area contributed by atoms with Crippen molar-refractivity contribution in [1.82, 2.24) is 4.42 Å². The number of carbonyl (C=O) groups is 1. The summed E-state index contributed by atoms with van der Waals surface area (Å²) in [6, 6.07) is 0. The Morgan fingerprint density at radius 2 is 2.38 bits per heavy atom. The molecule has 0 N–H and O–H groups in total. The first-order chi connectivity index (χ1) is 3.68. The number of hydrogen-bond donors (Lipinski definition) is 0. The smallest absolute Gasteiger partial charge is 0.267 e. The SMILES string of the molecule is CN(Cl)C(=O)C=S=O. The highest BCUT2D eigenvalue weighted by molar-refractivity contribution is 7.66. The topological polar surface area (TPSA) is 37.4 Å². The second-order valence-corrected chi connectivity index (χ2v) is 1.96. The van der Waals surface area contributed by atoms with Crippen LogP contribution in [0.2, 0.25) is 0 Å². The van der Waals surface area contributed by atoms with E-state index in [0.29, 0.717) is 0 Å². The fourth-order valence-electron chi connectivity index (χ4n) is 0.114. The molecule has 0 atom stereocenters. The van der Waals surface area contributed by atoms with Gasteiger partial charge in [-0.25, -0.2) is 4.21 Å². The molecular formula is C3H4ClNO2S.